The first kappa shape index (κ1) is 17.7. The van der Waals surface area contributed by atoms with Gasteiger partial charge in [0.05, 0.1) is 7.11 Å². The molecule has 0 aliphatic rings. The number of rotatable bonds is 5. The minimum absolute atomic E-state index is 0.0944. The Bertz CT molecular complexity index is 646. The highest BCUT2D eigenvalue weighted by atomic mass is 35.7. The summed E-state index contributed by atoms with van der Waals surface area (Å²) in [6.07, 6.45) is 0. The Morgan fingerprint density at radius 1 is 1.43 bits per heavy atom. The van der Waals surface area contributed by atoms with Gasteiger partial charge in [-0.1, -0.05) is 0 Å². The van der Waals surface area contributed by atoms with Crippen LogP contribution in [-0.2, 0) is 9.05 Å². The SMILES string of the molecule is CCN(C(=O)c1cc(F)c(OC)c(S(=O)(=O)Cl)c1)C(C)C. The van der Waals surface area contributed by atoms with E-state index in [2.05, 4.69) is 0 Å². The fraction of sp³-hybridized carbons (Fsp3) is 0.462. The molecule has 118 valence electrons. The van der Waals surface area contributed by atoms with Gasteiger partial charge in [-0.15, -0.1) is 0 Å². The number of carbonyl (C=O) groups is 1. The van der Waals surface area contributed by atoms with E-state index < -0.39 is 31.4 Å². The van der Waals surface area contributed by atoms with Gasteiger partial charge >= 0.3 is 0 Å². The van der Waals surface area contributed by atoms with Gasteiger partial charge in [-0.3, -0.25) is 4.79 Å². The molecule has 0 spiro atoms. The largest absolute Gasteiger partial charge is 0.492 e. The number of hydrogen-bond acceptors (Lipinski definition) is 4. The van der Waals surface area contributed by atoms with Crippen LogP contribution in [0.1, 0.15) is 31.1 Å². The number of benzene rings is 1. The van der Waals surface area contributed by atoms with Crippen molar-refractivity contribution in [3.8, 4) is 5.75 Å². The zero-order valence-corrected chi connectivity index (χ0v) is 13.8. The van der Waals surface area contributed by atoms with Crippen LogP contribution in [0.5, 0.6) is 5.75 Å². The number of nitrogens with zero attached hydrogens (tertiary/aromatic N) is 1. The van der Waals surface area contributed by atoms with Crippen LogP contribution < -0.4 is 4.74 Å². The number of hydrogen-bond donors (Lipinski definition) is 0. The molecule has 0 atom stereocenters. The van der Waals surface area contributed by atoms with Crippen LogP contribution in [0.2, 0.25) is 0 Å². The molecule has 8 heteroatoms. The number of carbonyl (C=O) groups excluding carboxylic acids is 1. The molecule has 21 heavy (non-hydrogen) atoms. The highest BCUT2D eigenvalue weighted by Crippen LogP contribution is 2.31. The van der Waals surface area contributed by atoms with Gasteiger partial charge in [-0.05, 0) is 32.9 Å². The summed E-state index contributed by atoms with van der Waals surface area (Å²) in [5.41, 5.74) is -0.0944. The topological polar surface area (TPSA) is 63.7 Å². The normalized spacial score (nSPS) is 11.6. The highest BCUT2D eigenvalue weighted by Gasteiger charge is 2.25. The van der Waals surface area contributed by atoms with Crippen molar-refractivity contribution in [1.82, 2.24) is 4.90 Å². The fourth-order valence-corrected chi connectivity index (χ4v) is 2.99. The first-order chi connectivity index (χ1) is 9.63. The summed E-state index contributed by atoms with van der Waals surface area (Å²) in [5, 5.41) is 0. The van der Waals surface area contributed by atoms with Gasteiger partial charge in [0, 0.05) is 28.8 Å². The molecule has 0 aliphatic heterocycles. The summed E-state index contributed by atoms with van der Waals surface area (Å²) < 4.78 is 41.7. The number of methoxy groups -OCH3 is 1. The van der Waals surface area contributed by atoms with Gasteiger partial charge < -0.3 is 9.64 Å². The van der Waals surface area contributed by atoms with Gasteiger partial charge in [0.25, 0.3) is 15.0 Å². The molecule has 0 heterocycles. The van der Waals surface area contributed by atoms with Crippen molar-refractivity contribution in [1.29, 1.82) is 0 Å². The van der Waals surface area contributed by atoms with E-state index in [1.165, 1.54) is 4.90 Å². The third kappa shape index (κ3) is 3.85. The second kappa shape index (κ2) is 6.62. The van der Waals surface area contributed by atoms with E-state index in [4.69, 9.17) is 15.4 Å². The second-order valence-corrected chi connectivity index (χ2v) is 7.15. The van der Waals surface area contributed by atoms with E-state index >= 15 is 0 Å². The van der Waals surface area contributed by atoms with Crippen LogP contribution >= 0.6 is 10.7 Å². The summed E-state index contributed by atoms with van der Waals surface area (Å²) in [4.78, 5) is 13.2. The van der Waals surface area contributed by atoms with Crippen LogP contribution in [-0.4, -0.2) is 38.9 Å². The van der Waals surface area contributed by atoms with Crippen molar-refractivity contribution >= 4 is 25.6 Å². The molecule has 0 saturated carbocycles. The van der Waals surface area contributed by atoms with Crippen LogP contribution in [0.3, 0.4) is 0 Å². The third-order valence-corrected chi connectivity index (χ3v) is 4.28. The number of ether oxygens (including phenoxy) is 1. The van der Waals surface area contributed by atoms with Crippen LogP contribution in [0, 0.1) is 5.82 Å². The Morgan fingerprint density at radius 3 is 2.38 bits per heavy atom. The van der Waals surface area contributed by atoms with Gasteiger partial charge in [-0.25, -0.2) is 12.8 Å². The van der Waals surface area contributed by atoms with Crippen molar-refractivity contribution in [3.05, 3.63) is 23.5 Å². The Hall–Kier alpha value is -1.34. The van der Waals surface area contributed by atoms with Gasteiger partial charge in [-0.2, -0.15) is 0 Å². The molecule has 0 aromatic heterocycles. The quantitative estimate of drug-likeness (QED) is 0.775. The summed E-state index contributed by atoms with van der Waals surface area (Å²) in [6.45, 7) is 5.80. The monoisotopic (exact) mass is 337 g/mol. The van der Waals surface area contributed by atoms with Crippen molar-refractivity contribution < 1.29 is 22.3 Å². The van der Waals surface area contributed by atoms with Gasteiger partial charge in [0.1, 0.15) is 4.90 Å². The van der Waals surface area contributed by atoms with Crippen molar-refractivity contribution in [2.75, 3.05) is 13.7 Å². The summed E-state index contributed by atoms with van der Waals surface area (Å²) in [5.74, 6) is -1.94. The predicted molar refractivity (Wildman–Crippen MR) is 77.8 cm³/mol. The molecule has 1 aromatic rings. The van der Waals surface area contributed by atoms with E-state index in [1.54, 1.807) is 20.8 Å². The van der Waals surface area contributed by atoms with Crippen LogP contribution in [0.4, 0.5) is 4.39 Å². The molecule has 0 saturated heterocycles. The van der Waals surface area contributed by atoms with E-state index in [1.807, 2.05) is 0 Å². The fourth-order valence-electron chi connectivity index (χ4n) is 1.98. The first-order valence-electron chi connectivity index (χ1n) is 6.26. The van der Waals surface area contributed by atoms with Crippen LogP contribution in [0.15, 0.2) is 17.0 Å². The maximum atomic E-state index is 14.0. The van der Waals surface area contributed by atoms with E-state index in [9.17, 15) is 17.6 Å². The summed E-state index contributed by atoms with van der Waals surface area (Å²) in [7, 11) is 2.15. The molecule has 0 radical (unpaired) electrons. The zero-order valence-electron chi connectivity index (χ0n) is 12.2. The lowest BCUT2D eigenvalue weighted by molar-refractivity contribution is 0.0716. The Balaban J connectivity index is 3.47. The zero-order chi connectivity index (χ0) is 16.4. The third-order valence-electron chi connectivity index (χ3n) is 2.95. The predicted octanol–water partition coefficient (Wildman–Crippen LogP) is 2.63. The average Bonchev–Trinajstić information content (AvgIpc) is 2.36. The lowest BCUT2D eigenvalue weighted by Gasteiger charge is -2.25. The standard InChI is InChI=1S/C13H17ClFNO4S/c1-5-16(8(2)3)13(17)9-6-10(15)12(20-4)11(7-9)21(14,18)19/h6-8H,5H2,1-4H3. The molecule has 0 unspecified atom stereocenters. The molecule has 0 bridgehead atoms. The lowest BCUT2D eigenvalue weighted by atomic mass is 10.1. The maximum Gasteiger partial charge on any atom is 0.265 e. The Morgan fingerprint density at radius 2 is 2.00 bits per heavy atom. The maximum absolute atomic E-state index is 14.0. The van der Waals surface area contributed by atoms with E-state index in [-0.39, 0.29) is 11.6 Å². The van der Waals surface area contributed by atoms with Crippen molar-refractivity contribution in [3.63, 3.8) is 0 Å². The molecule has 1 aromatic carbocycles. The first-order valence-corrected chi connectivity index (χ1v) is 8.57. The second-order valence-electron chi connectivity index (χ2n) is 4.61. The van der Waals surface area contributed by atoms with Crippen molar-refractivity contribution in [2.45, 2.75) is 31.7 Å². The average molecular weight is 338 g/mol. The van der Waals surface area contributed by atoms with Crippen LogP contribution in [0.25, 0.3) is 0 Å². The molecule has 1 rings (SSSR count). The molecular weight excluding hydrogens is 321 g/mol. The molecule has 1 amide bonds. The molecule has 0 N–H and O–H groups in total. The molecule has 5 nitrogen and oxygen atoms in total. The minimum atomic E-state index is -4.24. The molecule has 0 fully saturated rings. The minimum Gasteiger partial charge on any atom is -0.492 e. The molecular formula is C13H17ClFNO4S. The lowest BCUT2D eigenvalue weighted by Crippen LogP contribution is -2.36. The smallest absolute Gasteiger partial charge is 0.265 e. The Labute approximate surface area is 128 Å². The van der Waals surface area contributed by atoms with Gasteiger partial charge in [0.2, 0.25) is 0 Å². The number of halogens is 2. The summed E-state index contributed by atoms with van der Waals surface area (Å²) in [6, 6.07) is 1.86. The van der Waals surface area contributed by atoms with E-state index in [0.717, 1.165) is 19.2 Å². The summed E-state index contributed by atoms with van der Waals surface area (Å²) >= 11 is 0. The molecule has 0 aliphatic carbocycles. The van der Waals surface area contributed by atoms with Crippen molar-refractivity contribution in [2.24, 2.45) is 0 Å². The van der Waals surface area contributed by atoms with Gasteiger partial charge in [0.15, 0.2) is 11.6 Å². The number of amides is 1. The van der Waals surface area contributed by atoms with E-state index in [0.29, 0.717) is 6.54 Å². The highest BCUT2D eigenvalue weighted by molar-refractivity contribution is 8.13. The Kier molecular flexibility index (Phi) is 5.58.